The first-order valence-corrected chi connectivity index (χ1v) is 3.84. The van der Waals surface area contributed by atoms with Gasteiger partial charge in [-0.1, -0.05) is 13.8 Å². The molecule has 1 aliphatic heterocycles. The number of hydrogen-bond acceptors (Lipinski definition) is 4. The summed E-state index contributed by atoms with van der Waals surface area (Å²) >= 11 is 0. The molecular weight excluding hydrogens is 142 g/mol. The third-order valence-corrected chi connectivity index (χ3v) is 1.33. The van der Waals surface area contributed by atoms with Crippen molar-refractivity contribution < 1.29 is 4.74 Å². The Bertz CT molecular complexity index is 186. The van der Waals surface area contributed by atoms with Crippen molar-refractivity contribution in [2.75, 3.05) is 6.61 Å². The fourth-order valence-corrected chi connectivity index (χ4v) is 0.758. The molecule has 0 radical (unpaired) electrons. The molecule has 0 bridgehead atoms. The predicted octanol–water partition coefficient (Wildman–Crippen LogP) is 1.83. The first-order valence-electron chi connectivity index (χ1n) is 3.84. The highest BCUT2D eigenvalue weighted by atomic mass is 16.5. The Morgan fingerprint density at radius 3 is 2.73 bits per heavy atom. The molecule has 0 saturated heterocycles. The molecule has 1 atom stereocenters. The van der Waals surface area contributed by atoms with Crippen LogP contribution >= 0.6 is 0 Å². The van der Waals surface area contributed by atoms with Gasteiger partial charge in [-0.05, 0) is 6.92 Å². The van der Waals surface area contributed by atoms with Crippen molar-refractivity contribution in [3.05, 3.63) is 0 Å². The minimum atomic E-state index is -0.377. The Balaban J connectivity index is 2.49. The molecule has 0 aromatic heterocycles. The zero-order valence-corrected chi connectivity index (χ0v) is 7.11. The highest BCUT2D eigenvalue weighted by molar-refractivity contribution is 5.85. The number of rotatable bonds is 3. The average molecular weight is 155 g/mol. The van der Waals surface area contributed by atoms with Crippen LogP contribution in [-0.4, -0.2) is 18.8 Å². The maximum Gasteiger partial charge on any atom is 0.266 e. The second-order valence-corrected chi connectivity index (χ2v) is 2.64. The molecule has 1 aliphatic rings. The molecular formula is C7H13N3O. The summed E-state index contributed by atoms with van der Waals surface area (Å²) in [6.45, 7) is 6.61. The van der Waals surface area contributed by atoms with Gasteiger partial charge < -0.3 is 4.74 Å². The van der Waals surface area contributed by atoms with Crippen molar-refractivity contribution in [2.24, 2.45) is 21.1 Å². The van der Waals surface area contributed by atoms with E-state index in [0.29, 0.717) is 12.5 Å². The van der Waals surface area contributed by atoms with Gasteiger partial charge in [-0.2, -0.15) is 0 Å². The number of nitrogens with zero attached hydrogens (tertiary/aromatic N) is 3. The molecule has 0 aromatic carbocycles. The van der Waals surface area contributed by atoms with E-state index in [0.717, 1.165) is 5.84 Å². The highest BCUT2D eigenvalue weighted by Crippen LogP contribution is 2.11. The van der Waals surface area contributed by atoms with Gasteiger partial charge in [-0.25, -0.2) is 4.99 Å². The third kappa shape index (κ3) is 2.08. The van der Waals surface area contributed by atoms with E-state index in [-0.39, 0.29) is 6.35 Å². The Morgan fingerprint density at radius 2 is 2.27 bits per heavy atom. The van der Waals surface area contributed by atoms with Crippen molar-refractivity contribution in [1.82, 2.24) is 0 Å². The lowest BCUT2D eigenvalue weighted by Crippen LogP contribution is -2.06. The molecule has 62 valence electrons. The highest BCUT2D eigenvalue weighted by Gasteiger charge is 2.15. The molecule has 0 aromatic rings. The molecule has 1 rings (SSSR count). The number of hydrogen-bond donors (Lipinski definition) is 0. The molecule has 0 aliphatic carbocycles. The molecule has 0 N–H and O–H groups in total. The molecule has 4 nitrogen and oxygen atoms in total. The zero-order chi connectivity index (χ0) is 8.27. The van der Waals surface area contributed by atoms with Crippen LogP contribution in [0.5, 0.6) is 0 Å². The lowest BCUT2D eigenvalue weighted by molar-refractivity contribution is 0.0756. The monoisotopic (exact) mass is 155 g/mol. The molecule has 0 amide bonds. The topological polar surface area (TPSA) is 46.3 Å². The van der Waals surface area contributed by atoms with Gasteiger partial charge in [0.2, 0.25) is 0 Å². The Hall–Kier alpha value is -0.770. The van der Waals surface area contributed by atoms with Crippen LogP contribution in [0.25, 0.3) is 0 Å². The standard InChI is InChI=1S/C7H13N3O/c1-4-11-7-8-6(5(2)3)9-10-7/h5,7H,4H2,1-3H3. The van der Waals surface area contributed by atoms with Crippen molar-refractivity contribution in [1.29, 1.82) is 0 Å². The first kappa shape index (κ1) is 8.33. The number of amidine groups is 1. The molecule has 1 unspecified atom stereocenters. The summed E-state index contributed by atoms with van der Waals surface area (Å²) in [5.74, 6) is 1.12. The molecule has 0 fully saturated rings. The molecule has 1 heterocycles. The summed E-state index contributed by atoms with van der Waals surface area (Å²) in [4.78, 5) is 4.14. The summed E-state index contributed by atoms with van der Waals surface area (Å²) < 4.78 is 5.14. The second kappa shape index (κ2) is 3.57. The largest absolute Gasteiger partial charge is 0.337 e. The van der Waals surface area contributed by atoms with Crippen LogP contribution in [0.2, 0.25) is 0 Å². The van der Waals surface area contributed by atoms with E-state index in [1.165, 1.54) is 0 Å². The van der Waals surface area contributed by atoms with E-state index in [4.69, 9.17) is 4.74 Å². The van der Waals surface area contributed by atoms with E-state index in [2.05, 4.69) is 15.2 Å². The summed E-state index contributed by atoms with van der Waals surface area (Å²) in [5.41, 5.74) is 0. The average Bonchev–Trinajstić information content (AvgIpc) is 2.37. The fraction of sp³-hybridized carbons (Fsp3) is 0.857. The van der Waals surface area contributed by atoms with Crippen LogP contribution in [0.4, 0.5) is 0 Å². The lowest BCUT2D eigenvalue weighted by Gasteiger charge is -2.00. The van der Waals surface area contributed by atoms with Crippen molar-refractivity contribution >= 4 is 5.84 Å². The van der Waals surface area contributed by atoms with Crippen molar-refractivity contribution in [2.45, 2.75) is 27.1 Å². The SMILES string of the molecule is CCOC1N=NC(C(C)C)=N1. The number of azo groups is 1. The Kier molecular flexibility index (Phi) is 2.70. The van der Waals surface area contributed by atoms with Gasteiger partial charge in [-0.3, -0.25) is 0 Å². The van der Waals surface area contributed by atoms with Crippen molar-refractivity contribution in [3.8, 4) is 0 Å². The van der Waals surface area contributed by atoms with E-state index in [1.807, 2.05) is 20.8 Å². The Morgan fingerprint density at radius 1 is 1.55 bits per heavy atom. The van der Waals surface area contributed by atoms with Crippen molar-refractivity contribution in [3.63, 3.8) is 0 Å². The number of aliphatic imine (C=N–C) groups is 1. The van der Waals surface area contributed by atoms with Crippen LogP contribution in [0.15, 0.2) is 15.2 Å². The van der Waals surface area contributed by atoms with Crippen LogP contribution in [0, 0.1) is 5.92 Å². The molecule has 0 saturated carbocycles. The van der Waals surface area contributed by atoms with Gasteiger partial charge in [0.1, 0.15) is 0 Å². The normalized spacial score (nSPS) is 22.9. The lowest BCUT2D eigenvalue weighted by atomic mass is 10.2. The Labute approximate surface area is 66.4 Å². The minimum absolute atomic E-state index is 0.337. The zero-order valence-electron chi connectivity index (χ0n) is 7.11. The quantitative estimate of drug-likeness (QED) is 0.613. The second-order valence-electron chi connectivity index (χ2n) is 2.64. The van der Waals surface area contributed by atoms with Crippen LogP contribution in [0.1, 0.15) is 20.8 Å². The maximum absolute atomic E-state index is 5.14. The van der Waals surface area contributed by atoms with Gasteiger partial charge in [0.05, 0.1) is 0 Å². The van der Waals surface area contributed by atoms with Crippen LogP contribution < -0.4 is 0 Å². The van der Waals surface area contributed by atoms with E-state index >= 15 is 0 Å². The van der Waals surface area contributed by atoms with E-state index < -0.39 is 0 Å². The first-order chi connectivity index (χ1) is 5.24. The summed E-state index contributed by atoms with van der Waals surface area (Å²) in [7, 11) is 0. The fourth-order valence-electron chi connectivity index (χ4n) is 0.758. The maximum atomic E-state index is 5.14. The van der Waals surface area contributed by atoms with Gasteiger partial charge >= 0.3 is 0 Å². The predicted molar refractivity (Wildman–Crippen MR) is 42.5 cm³/mol. The summed E-state index contributed by atoms with van der Waals surface area (Å²) in [6.07, 6.45) is -0.377. The van der Waals surface area contributed by atoms with Gasteiger partial charge in [0.25, 0.3) is 6.35 Å². The van der Waals surface area contributed by atoms with Gasteiger partial charge in [-0.15, -0.1) is 10.2 Å². The third-order valence-electron chi connectivity index (χ3n) is 1.33. The van der Waals surface area contributed by atoms with Crippen LogP contribution in [0.3, 0.4) is 0 Å². The van der Waals surface area contributed by atoms with Crippen LogP contribution in [-0.2, 0) is 4.74 Å². The summed E-state index contributed by atoms with van der Waals surface area (Å²) in [6, 6.07) is 0. The number of ether oxygens (including phenoxy) is 1. The molecule has 4 heteroatoms. The van der Waals surface area contributed by atoms with E-state index in [1.54, 1.807) is 0 Å². The van der Waals surface area contributed by atoms with E-state index in [9.17, 15) is 0 Å². The van der Waals surface area contributed by atoms with Gasteiger partial charge in [0.15, 0.2) is 5.84 Å². The van der Waals surface area contributed by atoms with Gasteiger partial charge in [0, 0.05) is 12.5 Å². The molecule has 0 spiro atoms. The molecule has 11 heavy (non-hydrogen) atoms. The minimum Gasteiger partial charge on any atom is -0.337 e. The summed E-state index contributed by atoms with van der Waals surface area (Å²) in [5, 5.41) is 7.71. The smallest absolute Gasteiger partial charge is 0.266 e.